The van der Waals surface area contributed by atoms with Crippen molar-refractivity contribution >= 4 is 35.2 Å². The molecule has 2 aromatic rings. The highest BCUT2D eigenvalue weighted by atomic mass is 35.5. The number of H-pyrrole nitrogens is 1. The number of aromatic nitrogens is 1. The molecule has 0 radical (unpaired) electrons. The summed E-state index contributed by atoms with van der Waals surface area (Å²) >= 11 is 0. The fraction of sp³-hybridized carbons (Fsp3) is 0.286. The molecular weight excluding hydrogens is 290 g/mol. The molecule has 0 unspecified atom stereocenters. The van der Waals surface area contributed by atoms with Gasteiger partial charge in [0.05, 0.1) is 0 Å². The number of rotatable bonds is 4. The van der Waals surface area contributed by atoms with E-state index in [0.29, 0.717) is 12.2 Å². The lowest BCUT2D eigenvalue weighted by Gasteiger charge is -2.10. The molecule has 1 amide bonds. The van der Waals surface area contributed by atoms with Gasteiger partial charge in [-0.25, -0.2) is 0 Å². The van der Waals surface area contributed by atoms with Crippen molar-refractivity contribution < 1.29 is 4.79 Å². The number of hydrogen-bond donors (Lipinski definition) is 3. The number of guanidine groups is 1. The van der Waals surface area contributed by atoms with Crippen LogP contribution < -0.4 is 11.1 Å². The lowest BCUT2D eigenvalue weighted by atomic mass is 10.2. The van der Waals surface area contributed by atoms with Crippen molar-refractivity contribution in [1.29, 1.82) is 0 Å². The predicted molar refractivity (Wildman–Crippen MR) is 88.1 cm³/mol. The van der Waals surface area contributed by atoms with Crippen LogP contribution in [0.1, 0.15) is 10.5 Å². The second-order valence-corrected chi connectivity index (χ2v) is 4.80. The van der Waals surface area contributed by atoms with Gasteiger partial charge in [-0.15, -0.1) is 12.4 Å². The first-order chi connectivity index (χ1) is 9.56. The summed E-state index contributed by atoms with van der Waals surface area (Å²) in [6.07, 6.45) is 0. The van der Waals surface area contributed by atoms with E-state index in [0.717, 1.165) is 17.4 Å². The van der Waals surface area contributed by atoms with Gasteiger partial charge in [0, 0.05) is 24.0 Å². The minimum Gasteiger partial charge on any atom is -0.370 e. The fourth-order valence-corrected chi connectivity index (χ4v) is 1.81. The van der Waals surface area contributed by atoms with Crippen molar-refractivity contribution in [3.05, 3.63) is 36.0 Å². The quantitative estimate of drug-likeness (QED) is 0.585. The largest absolute Gasteiger partial charge is 0.370 e. The van der Waals surface area contributed by atoms with E-state index in [1.807, 2.05) is 43.3 Å². The maximum absolute atomic E-state index is 12.0. The van der Waals surface area contributed by atoms with Gasteiger partial charge in [-0.1, -0.05) is 18.2 Å². The molecule has 0 aliphatic heterocycles. The lowest BCUT2D eigenvalue weighted by molar-refractivity contribution is 0.0998. The Morgan fingerprint density at radius 3 is 2.76 bits per heavy atom. The van der Waals surface area contributed by atoms with E-state index in [4.69, 9.17) is 5.73 Å². The number of carbonyl (C=O) groups is 1. The summed E-state index contributed by atoms with van der Waals surface area (Å²) in [6, 6.07) is 9.45. The van der Waals surface area contributed by atoms with E-state index in [-0.39, 0.29) is 24.3 Å². The molecule has 0 aliphatic carbocycles. The molecule has 1 aromatic carbocycles. The third-order valence-corrected chi connectivity index (χ3v) is 2.85. The Morgan fingerprint density at radius 1 is 1.38 bits per heavy atom. The number of carbonyl (C=O) groups excluding carboxylic acids is 1. The zero-order valence-corrected chi connectivity index (χ0v) is 12.9. The zero-order chi connectivity index (χ0) is 14.5. The maximum Gasteiger partial charge on any atom is 0.296 e. The van der Waals surface area contributed by atoms with Crippen LogP contribution in [0.15, 0.2) is 35.3 Å². The Morgan fingerprint density at radius 2 is 2.10 bits per heavy atom. The van der Waals surface area contributed by atoms with Crippen LogP contribution in [-0.4, -0.2) is 48.9 Å². The average Bonchev–Trinajstić information content (AvgIpc) is 2.82. The number of amides is 1. The molecule has 6 nitrogen and oxygen atoms in total. The van der Waals surface area contributed by atoms with Crippen LogP contribution in [-0.2, 0) is 0 Å². The third-order valence-electron chi connectivity index (χ3n) is 2.85. The highest BCUT2D eigenvalue weighted by Gasteiger charge is 2.08. The molecule has 7 heteroatoms. The second kappa shape index (κ2) is 7.66. The SMILES string of the molecule is CN(C)CCNC(N)=NC(=O)c1cc2ccccc2[nH]1.Cl. The Bertz CT molecular complexity index is 602. The van der Waals surface area contributed by atoms with Crippen LogP contribution in [0.5, 0.6) is 0 Å². The predicted octanol–water partition coefficient (Wildman–Crippen LogP) is 1.20. The molecule has 0 fully saturated rings. The van der Waals surface area contributed by atoms with Crippen molar-refractivity contribution in [1.82, 2.24) is 15.2 Å². The number of nitrogens with zero attached hydrogens (tertiary/aromatic N) is 2. The van der Waals surface area contributed by atoms with Crippen molar-refractivity contribution in [3.8, 4) is 0 Å². The summed E-state index contributed by atoms with van der Waals surface area (Å²) in [5.41, 5.74) is 7.02. The number of fused-ring (bicyclic) bond motifs is 1. The number of nitrogens with two attached hydrogens (primary N) is 1. The molecule has 0 spiro atoms. The molecule has 0 saturated carbocycles. The summed E-state index contributed by atoms with van der Waals surface area (Å²) in [4.78, 5) is 20.8. The number of aromatic amines is 1. The Kier molecular flexibility index (Phi) is 6.20. The highest BCUT2D eigenvalue weighted by molar-refractivity contribution is 6.03. The molecule has 0 bridgehead atoms. The number of benzene rings is 1. The van der Waals surface area contributed by atoms with E-state index >= 15 is 0 Å². The minimum absolute atomic E-state index is 0. The first-order valence-electron chi connectivity index (χ1n) is 6.41. The smallest absolute Gasteiger partial charge is 0.296 e. The highest BCUT2D eigenvalue weighted by Crippen LogP contribution is 2.14. The van der Waals surface area contributed by atoms with Crippen LogP contribution in [0.3, 0.4) is 0 Å². The Balaban J connectivity index is 0.00000220. The monoisotopic (exact) mass is 309 g/mol. The molecule has 0 aliphatic rings. The van der Waals surface area contributed by atoms with Gasteiger partial charge in [0.1, 0.15) is 5.69 Å². The molecule has 1 heterocycles. The number of halogens is 1. The number of aliphatic imine (C=N–C) groups is 1. The average molecular weight is 310 g/mol. The fourth-order valence-electron chi connectivity index (χ4n) is 1.81. The molecule has 114 valence electrons. The Hall–Kier alpha value is -2.05. The summed E-state index contributed by atoms with van der Waals surface area (Å²) in [6.45, 7) is 1.46. The lowest BCUT2D eigenvalue weighted by Crippen LogP contribution is -2.37. The number of para-hydroxylation sites is 1. The summed E-state index contributed by atoms with van der Waals surface area (Å²) < 4.78 is 0. The molecule has 4 N–H and O–H groups in total. The third kappa shape index (κ3) is 4.77. The standard InChI is InChI=1S/C14H19N5O.ClH/c1-19(2)8-7-16-14(15)18-13(20)12-9-10-5-3-4-6-11(10)17-12;/h3-6,9,17H,7-8H2,1-2H3,(H3,15,16,18,20);1H. The van der Waals surface area contributed by atoms with Crippen LogP contribution in [0.25, 0.3) is 10.9 Å². The van der Waals surface area contributed by atoms with Gasteiger partial charge in [0.2, 0.25) is 0 Å². The molecule has 21 heavy (non-hydrogen) atoms. The second-order valence-electron chi connectivity index (χ2n) is 4.80. The van der Waals surface area contributed by atoms with Crippen LogP contribution in [0, 0.1) is 0 Å². The first kappa shape index (κ1) is 17.0. The number of likely N-dealkylation sites (N-methyl/N-ethyl adjacent to an activating group) is 1. The van der Waals surface area contributed by atoms with Crippen molar-refractivity contribution in [2.24, 2.45) is 10.7 Å². The van der Waals surface area contributed by atoms with Crippen molar-refractivity contribution in [2.45, 2.75) is 0 Å². The van der Waals surface area contributed by atoms with Crippen LogP contribution >= 0.6 is 12.4 Å². The van der Waals surface area contributed by atoms with E-state index in [1.165, 1.54) is 0 Å². The van der Waals surface area contributed by atoms with E-state index < -0.39 is 0 Å². The molecule has 0 atom stereocenters. The van der Waals surface area contributed by atoms with E-state index in [9.17, 15) is 4.79 Å². The summed E-state index contributed by atoms with van der Waals surface area (Å²) in [7, 11) is 3.93. The normalized spacial score (nSPS) is 11.5. The zero-order valence-electron chi connectivity index (χ0n) is 12.1. The number of nitrogens with one attached hydrogen (secondary N) is 2. The van der Waals surface area contributed by atoms with E-state index in [1.54, 1.807) is 6.07 Å². The van der Waals surface area contributed by atoms with Crippen molar-refractivity contribution in [3.63, 3.8) is 0 Å². The summed E-state index contributed by atoms with van der Waals surface area (Å²) in [5, 5.41) is 3.88. The topological polar surface area (TPSA) is 86.5 Å². The summed E-state index contributed by atoms with van der Waals surface area (Å²) in [5.74, 6) is -0.244. The number of hydrogen-bond acceptors (Lipinski definition) is 2. The Labute approximate surface area is 129 Å². The molecule has 1 aromatic heterocycles. The molecule has 0 saturated heterocycles. The molecule has 2 rings (SSSR count). The maximum atomic E-state index is 12.0. The van der Waals surface area contributed by atoms with Gasteiger partial charge in [0.15, 0.2) is 5.96 Å². The van der Waals surface area contributed by atoms with Gasteiger partial charge in [0.25, 0.3) is 5.91 Å². The minimum atomic E-state index is -0.379. The van der Waals surface area contributed by atoms with Gasteiger partial charge < -0.3 is 20.9 Å². The van der Waals surface area contributed by atoms with Crippen LogP contribution in [0.4, 0.5) is 0 Å². The first-order valence-corrected chi connectivity index (χ1v) is 6.41. The van der Waals surface area contributed by atoms with Gasteiger partial charge in [-0.2, -0.15) is 4.99 Å². The van der Waals surface area contributed by atoms with E-state index in [2.05, 4.69) is 15.3 Å². The van der Waals surface area contributed by atoms with Gasteiger partial charge in [-0.3, -0.25) is 4.79 Å². The van der Waals surface area contributed by atoms with Gasteiger partial charge in [-0.05, 0) is 26.2 Å². The van der Waals surface area contributed by atoms with Crippen LogP contribution in [0.2, 0.25) is 0 Å². The molecular formula is C14H20ClN5O. The van der Waals surface area contributed by atoms with Crippen molar-refractivity contribution in [2.75, 3.05) is 27.2 Å². The van der Waals surface area contributed by atoms with Gasteiger partial charge >= 0.3 is 0 Å².